The van der Waals surface area contributed by atoms with Crippen molar-refractivity contribution in [3.63, 3.8) is 0 Å². The quantitative estimate of drug-likeness (QED) is 0.0887. The van der Waals surface area contributed by atoms with Gasteiger partial charge in [0.2, 0.25) is 17.6 Å². The molecule has 3 aromatic carbocycles. The number of carboxylic acid groups (broad SMARTS) is 1. The lowest BCUT2D eigenvalue weighted by atomic mass is 9.81. The molecule has 7 rings (SSSR count). The summed E-state index contributed by atoms with van der Waals surface area (Å²) in [5, 5.41) is 26.0. The van der Waals surface area contributed by atoms with Gasteiger partial charge >= 0.3 is 17.8 Å². The van der Waals surface area contributed by atoms with E-state index in [0.29, 0.717) is 42.7 Å². The Balaban J connectivity index is 1.03. The van der Waals surface area contributed by atoms with Gasteiger partial charge in [0.15, 0.2) is 5.82 Å². The number of carbonyl (C=O) groups is 4. The van der Waals surface area contributed by atoms with Crippen molar-refractivity contribution in [3.05, 3.63) is 89.2 Å². The number of H-pyrrole nitrogens is 1. The second kappa shape index (κ2) is 16.3. The van der Waals surface area contributed by atoms with Gasteiger partial charge in [-0.2, -0.15) is 22.7 Å². The van der Waals surface area contributed by atoms with E-state index >= 15 is 0 Å². The van der Waals surface area contributed by atoms with Crippen LogP contribution in [-0.2, 0) is 26.7 Å². The predicted octanol–water partition coefficient (Wildman–Crippen LogP) is 4.64. The van der Waals surface area contributed by atoms with E-state index in [-0.39, 0.29) is 41.4 Å². The molecule has 0 radical (unpaired) electrons. The van der Waals surface area contributed by atoms with Crippen LogP contribution < -0.4 is 27.0 Å². The molecule has 3 atom stereocenters. The summed E-state index contributed by atoms with van der Waals surface area (Å²) in [7, 11) is 0. The van der Waals surface area contributed by atoms with Gasteiger partial charge in [-0.3, -0.25) is 19.5 Å². The van der Waals surface area contributed by atoms with Crippen molar-refractivity contribution >= 4 is 29.4 Å². The van der Waals surface area contributed by atoms with E-state index in [2.05, 4.69) is 31.3 Å². The van der Waals surface area contributed by atoms with Gasteiger partial charge in [-0.25, -0.2) is 9.78 Å². The number of carbonyl (C=O) groups excluding carboxylic acids is 3. The third-order valence-electron chi connectivity index (χ3n) is 11.6. The van der Waals surface area contributed by atoms with Gasteiger partial charge < -0.3 is 32.1 Å². The minimum absolute atomic E-state index is 0.0839. The molecule has 2 aliphatic carbocycles. The van der Waals surface area contributed by atoms with Crippen LogP contribution in [0.1, 0.15) is 53.0 Å². The minimum Gasteiger partial charge on any atom is -0.477 e. The average Bonchev–Trinajstić information content (AvgIpc) is 3.56. The van der Waals surface area contributed by atoms with Crippen molar-refractivity contribution < 1.29 is 41.8 Å². The summed E-state index contributed by atoms with van der Waals surface area (Å²) in [4.78, 5) is 54.3. The number of aromatic nitrogens is 3. The number of benzene rings is 3. The SMILES string of the molecule is Cc1cc(C(=O)NC2C3CNCC32)ccc1-c1ccc(C[C@H](NC(=O)C2CCC(CN)CC2)C(=O)Nc2ccc(-c3n[nH]c(C(F)(F)C(F)(F)C(=O)O)n3)cc2)cc1. The molecule has 0 bridgehead atoms. The number of amides is 3. The summed E-state index contributed by atoms with van der Waals surface area (Å²) in [6.45, 7) is 4.37. The minimum atomic E-state index is -5.44. The van der Waals surface area contributed by atoms with E-state index in [1.54, 1.807) is 5.10 Å². The molecule has 3 aliphatic rings. The topological polar surface area (TPSA) is 204 Å². The van der Waals surface area contributed by atoms with Crippen LogP contribution in [0.15, 0.2) is 66.7 Å². The normalized spacial score (nSPS) is 22.1. The maximum atomic E-state index is 14.2. The van der Waals surface area contributed by atoms with Crippen LogP contribution in [0.25, 0.3) is 22.5 Å². The molecule has 17 heteroatoms. The standard InChI is InChI=1S/C41H44F4N8O5/c1-21-16-27(36(55)50-33-30-19-47-20-31(30)33)12-15-29(21)24-6-2-22(3-7-24)17-32(49-35(54)26-8-4-23(18-46)5-9-26)37(56)48-28-13-10-25(11-14-28)34-51-38(53-52-34)40(42,43)41(44,45)39(57)58/h2-3,6-7,10-16,23,26,30-33,47H,4-5,8-9,17-20,46H2,1H3,(H,48,56)(H,49,54)(H,50,55)(H,57,58)(H,51,52,53)/t23?,26?,30?,31?,32-,33?/m0/s1. The number of aryl methyl sites for hydroxylation is 1. The Labute approximate surface area is 331 Å². The molecule has 306 valence electrons. The summed E-state index contributed by atoms with van der Waals surface area (Å²) < 4.78 is 55.9. The van der Waals surface area contributed by atoms with Crippen LogP contribution in [0.2, 0.25) is 0 Å². The number of fused-ring (bicyclic) bond motifs is 1. The van der Waals surface area contributed by atoms with Gasteiger partial charge in [0.05, 0.1) is 0 Å². The largest absolute Gasteiger partial charge is 0.477 e. The Bertz CT molecular complexity index is 2160. The number of carboxylic acids is 1. The highest BCUT2D eigenvalue weighted by Gasteiger charge is 2.65. The number of nitrogens with zero attached hydrogens (tertiary/aromatic N) is 2. The molecule has 0 spiro atoms. The first-order chi connectivity index (χ1) is 27.7. The zero-order valence-corrected chi connectivity index (χ0v) is 31.5. The van der Waals surface area contributed by atoms with Crippen LogP contribution >= 0.6 is 0 Å². The number of piperidine rings is 1. The highest BCUT2D eigenvalue weighted by Crippen LogP contribution is 2.43. The maximum absolute atomic E-state index is 14.2. The number of hydrogen-bond acceptors (Lipinski definition) is 8. The zero-order valence-electron chi connectivity index (χ0n) is 31.5. The second-order valence-corrected chi connectivity index (χ2v) is 15.5. The smallest absolute Gasteiger partial charge is 0.411 e. The molecule has 58 heavy (non-hydrogen) atoms. The van der Waals surface area contributed by atoms with Crippen molar-refractivity contribution in [2.45, 2.75) is 63.0 Å². The lowest BCUT2D eigenvalue weighted by molar-refractivity contribution is -0.231. The number of aliphatic carboxylic acids is 1. The zero-order chi connectivity index (χ0) is 41.4. The van der Waals surface area contributed by atoms with E-state index < -0.39 is 41.4 Å². The molecule has 4 aromatic rings. The summed E-state index contributed by atoms with van der Waals surface area (Å²) in [5.41, 5.74) is 10.4. The Morgan fingerprint density at radius 2 is 1.57 bits per heavy atom. The third-order valence-corrected chi connectivity index (χ3v) is 11.6. The summed E-state index contributed by atoms with van der Waals surface area (Å²) in [6, 6.07) is 18.0. The molecule has 1 aromatic heterocycles. The average molecular weight is 805 g/mol. The van der Waals surface area contributed by atoms with Crippen LogP contribution in [0.5, 0.6) is 0 Å². The van der Waals surface area contributed by atoms with Crippen molar-refractivity contribution in [3.8, 4) is 22.5 Å². The predicted molar refractivity (Wildman–Crippen MR) is 205 cm³/mol. The monoisotopic (exact) mass is 804 g/mol. The molecule has 8 N–H and O–H groups in total. The van der Waals surface area contributed by atoms with Gasteiger partial charge in [-0.1, -0.05) is 30.3 Å². The molecule has 1 saturated heterocycles. The summed E-state index contributed by atoms with van der Waals surface area (Å²) >= 11 is 0. The van der Waals surface area contributed by atoms with E-state index in [1.165, 1.54) is 24.3 Å². The highest BCUT2D eigenvalue weighted by atomic mass is 19.3. The molecular weight excluding hydrogens is 760 g/mol. The van der Waals surface area contributed by atoms with E-state index in [4.69, 9.17) is 10.8 Å². The fourth-order valence-corrected chi connectivity index (χ4v) is 7.96. The number of hydrogen-bond donors (Lipinski definition) is 7. The summed E-state index contributed by atoms with van der Waals surface area (Å²) in [6.07, 6.45) is 3.09. The Hall–Kier alpha value is -5.68. The Morgan fingerprint density at radius 1 is 0.914 bits per heavy atom. The molecule has 2 unspecified atom stereocenters. The summed E-state index contributed by atoms with van der Waals surface area (Å²) in [5.74, 6) is -15.4. The first-order valence-electron chi connectivity index (χ1n) is 19.2. The van der Waals surface area contributed by atoms with E-state index in [0.717, 1.165) is 48.2 Å². The van der Waals surface area contributed by atoms with Gasteiger partial charge in [-0.15, -0.1) is 0 Å². The van der Waals surface area contributed by atoms with Crippen molar-refractivity contribution in [1.29, 1.82) is 0 Å². The Kier molecular flexibility index (Phi) is 11.4. The van der Waals surface area contributed by atoms with E-state index in [1.807, 2.05) is 49.4 Å². The molecule has 2 heterocycles. The molecule has 2 saturated carbocycles. The first kappa shape index (κ1) is 40.5. The fourth-order valence-electron chi connectivity index (χ4n) is 7.96. The second-order valence-electron chi connectivity index (χ2n) is 15.5. The number of alkyl halides is 4. The number of nitrogens with one attached hydrogen (secondary N) is 5. The lowest BCUT2D eigenvalue weighted by Gasteiger charge is -2.28. The number of anilines is 1. The van der Waals surface area contributed by atoms with Gasteiger partial charge in [0.25, 0.3) is 5.91 Å². The van der Waals surface area contributed by atoms with Crippen LogP contribution in [0.4, 0.5) is 23.2 Å². The van der Waals surface area contributed by atoms with Crippen molar-refractivity contribution in [2.75, 3.05) is 25.0 Å². The molecule has 13 nitrogen and oxygen atoms in total. The van der Waals surface area contributed by atoms with Gasteiger partial charge in [-0.05, 0) is 116 Å². The molecule has 3 amide bonds. The number of rotatable bonds is 14. The first-order valence-corrected chi connectivity index (χ1v) is 19.2. The van der Waals surface area contributed by atoms with Crippen LogP contribution in [0, 0.1) is 30.6 Å². The van der Waals surface area contributed by atoms with Crippen molar-refractivity contribution in [2.24, 2.45) is 29.4 Å². The van der Waals surface area contributed by atoms with E-state index in [9.17, 15) is 36.7 Å². The Morgan fingerprint density at radius 3 is 2.19 bits per heavy atom. The molecule has 3 fully saturated rings. The number of nitrogens with two attached hydrogens (primary N) is 1. The third kappa shape index (κ3) is 8.32. The number of halogens is 4. The molecular formula is C41H44F4N8O5. The van der Waals surface area contributed by atoms with Crippen LogP contribution in [-0.4, -0.2) is 81.6 Å². The van der Waals surface area contributed by atoms with Crippen LogP contribution in [0.3, 0.4) is 0 Å². The maximum Gasteiger partial charge on any atom is 0.411 e. The number of aromatic amines is 1. The highest BCUT2D eigenvalue weighted by molar-refractivity contribution is 5.98. The van der Waals surface area contributed by atoms with Crippen molar-refractivity contribution in [1.82, 2.24) is 31.1 Å². The lowest BCUT2D eigenvalue weighted by Crippen LogP contribution is -2.48. The fraction of sp³-hybridized carbons (Fsp3) is 0.415. The van der Waals surface area contributed by atoms with Gasteiger partial charge in [0.1, 0.15) is 6.04 Å². The van der Waals surface area contributed by atoms with Gasteiger partial charge in [0, 0.05) is 48.3 Å². The molecule has 1 aliphatic heterocycles.